The molecule has 140 valence electrons. The summed E-state index contributed by atoms with van der Waals surface area (Å²) < 4.78 is 7.22. The molecule has 0 radical (unpaired) electrons. The Balaban J connectivity index is 1.81. The minimum absolute atomic E-state index is 0.0548. The molecule has 1 atom stereocenters. The van der Waals surface area contributed by atoms with Crippen molar-refractivity contribution in [3.05, 3.63) is 54.4 Å². The van der Waals surface area contributed by atoms with E-state index in [9.17, 15) is 4.79 Å². The molecule has 0 amide bonds. The molecule has 7 heteroatoms. The van der Waals surface area contributed by atoms with Crippen LogP contribution in [0.25, 0.3) is 11.4 Å². The van der Waals surface area contributed by atoms with Gasteiger partial charge in [-0.1, -0.05) is 18.7 Å². The fourth-order valence-electron chi connectivity index (χ4n) is 2.72. The molecule has 0 saturated heterocycles. The first kappa shape index (κ1) is 19.1. The van der Waals surface area contributed by atoms with E-state index >= 15 is 0 Å². The highest BCUT2D eigenvalue weighted by atomic mass is 32.2. The zero-order valence-electron chi connectivity index (χ0n) is 15.6. The maximum Gasteiger partial charge on any atom is 0.192 e. The molecule has 0 aliphatic heterocycles. The number of nitrogens with zero attached hydrogens (tertiary/aromatic N) is 4. The van der Waals surface area contributed by atoms with Gasteiger partial charge < -0.3 is 9.30 Å². The van der Waals surface area contributed by atoms with E-state index in [0.717, 1.165) is 35.3 Å². The van der Waals surface area contributed by atoms with E-state index in [1.54, 1.807) is 43.8 Å². The molecule has 0 spiro atoms. The second kappa shape index (κ2) is 8.81. The second-order valence-corrected chi connectivity index (χ2v) is 7.35. The van der Waals surface area contributed by atoms with Crippen molar-refractivity contribution in [1.82, 2.24) is 19.7 Å². The lowest BCUT2D eigenvalue weighted by molar-refractivity contribution is 0.0994. The molecular formula is C20H22N4O2S. The van der Waals surface area contributed by atoms with Crippen LogP contribution >= 0.6 is 11.8 Å². The van der Waals surface area contributed by atoms with Crippen LogP contribution in [-0.2, 0) is 6.54 Å². The summed E-state index contributed by atoms with van der Waals surface area (Å²) in [6.45, 7) is 4.79. The Bertz CT molecular complexity index is 894. The fraction of sp³-hybridized carbons (Fsp3) is 0.300. The van der Waals surface area contributed by atoms with Gasteiger partial charge in [0, 0.05) is 30.1 Å². The standard InChI is InChI=1S/C20H22N4O2S/c1-4-13-24-19(16-9-11-21-12-10-16)22-23-20(24)27-14(2)18(25)15-5-7-17(26-3)8-6-15/h5-12,14H,4,13H2,1-3H3. The number of hydrogen-bond acceptors (Lipinski definition) is 6. The normalized spacial score (nSPS) is 12.0. The molecule has 2 heterocycles. The van der Waals surface area contributed by atoms with Crippen LogP contribution in [0.3, 0.4) is 0 Å². The maximum atomic E-state index is 12.8. The summed E-state index contributed by atoms with van der Waals surface area (Å²) in [6.07, 6.45) is 4.43. The molecule has 0 fully saturated rings. The van der Waals surface area contributed by atoms with Crippen molar-refractivity contribution in [3.63, 3.8) is 0 Å². The first-order valence-corrected chi connectivity index (χ1v) is 9.70. The van der Waals surface area contributed by atoms with Crippen LogP contribution in [0.1, 0.15) is 30.6 Å². The van der Waals surface area contributed by atoms with Gasteiger partial charge in [-0.15, -0.1) is 10.2 Å². The predicted octanol–water partition coefficient (Wildman–Crippen LogP) is 4.12. The van der Waals surface area contributed by atoms with Crippen LogP contribution in [-0.4, -0.2) is 37.9 Å². The van der Waals surface area contributed by atoms with Crippen molar-refractivity contribution >= 4 is 17.5 Å². The zero-order chi connectivity index (χ0) is 19.2. The lowest BCUT2D eigenvalue weighted by atomic mass is 10.1. The van der Waals surface area contributed by atoms with Crippen molar-refractivity contribution in [1.29, 1.82) is 0 Å². The number of methoxy groups -OCH3 is 1. The van der Waals surface area contributed by atoms with E-state index in [4.69, 9.17) is 4.74 Å². The summed E-state index contributed by atoms with van der Waals surface area (Å²) >= 11 is 1.43. The lowest BCUT2D eigenvalue weighted by Gasteiger charge is -2.12. The number of hydrogen-bond donors (Lipinski definition) is 0. The smallest absolute Gasteiger partial charge is 0.192 e. The molecule has 1 aromatic carbocycles. The van der Waals surface area contributed by atoms with Crippen LogP contribution in [0, 0.1) is 0 Å². The third-order valence-corrected chi connectivity index (χ3v) is 5.21. The van der Waals surface area contributed by atoms with Gasteiger partial charge in [0.25, 0.3) is 0 Å². The van der Waals surface area contributed by atoms with Crippen LogP contribution in [0.4, 0.5) is 0 Å². The first-order chi connectivity index (χ1) is 13.1. The van der Waals surface area contributed by atoms with Gasteiger partial charge in [-0.2, -0.15) is 0 Å². The summed E-state index contributed by atoms with van der Waals surface area (Å²) in [6, 6.07) is 11.0. The van der Waals surface area contributed by atoms with E-state index < -0.39 is 0 Å². The Labute approximate surface area is 163 Å². The Hall–Kier alpha value is -2.67. The lowest BCUT2D eigenvalue weighted by Crippen LogP contribution is -2.15. The van der Waals surface area contributed by atoms with E-state index in [-0.39, 0.29) is 11.0 Å². The molecule has 0 aliphatic carbocycles. The van der Waals surface area contributed by atoms with E-state index in [1.165, 1.54) is 11.8 Å². The van der Waals surface area contributed by atoms with E-state index in [2.05, 4.69) is 26.7 Å². The molecule has 0 saturated carbocycles. The highest BCUT2D eigenvalue weighted by Crippen LogP contribution is 2.28. The summed E-state index contributed by atoms with van der Waals surface area (Å²) in [4.78, 5) is 16.8. The molecule has 0 bridgehead atoms. The first-order valence-electron chi connectivity index (χ1n) is 8.82. The van der Waals surface area contributed by atoms with Crippen molar-refractivity contribution < 1.29 is 9.53 Å². The number of Topliss-reactive ketones (excluding diaryl/α,β-unsaturated/α-hetero) is 1. The monoisotopic (exact) mass is 382 g/mol. The highest BCUT2D eigenvalue weighted by Gasteiger charge is 2.21. The number of aromatic nitrogens is 4. The molecule has 1 unspecified atom stereocenters. The SMILES string of the molecule is CCCn1c(SC(C)C(=O)c2ccc(OC)cc2)nnc1-c1ccncc1. The van der Waals surface area contributed by atoms with Gasteiger partial charge in [-0.25, -0.2) is 0 Å². The maximum absolute atomic E-state index is 12.8. The number of ether oxygens (including phenoxy) is 1. The highest BCUT2D eigenvalue weighted by molar-refractivity contribution is 8.00. The van der Waals surface area contributed by atoms with Gasteiger partial charge >= 0.3 is 0 Å². The number of carbonyl (C=O) groups is 1. The second-order valence-electron chi connectivity index (χ2n) is 6.05. The van der Waals surface area contributed by atoms with Gasteiger partial charge in [0.1, 0.15) is 5.75 Å². The average Bonchev–Trinajstić information content (AvgIpc) is 3.10. The van der Waals surface area contributed by atoms with Crippen molar-refractivity contribution in [2.24, 2.45) is 0 Å². The average molecular weight is 382 g/mol. The Morgan fingerprint density at radius 3 is 2.48 bits per heavy atom. The molecule has 0 N–H and O–H groups in total. The van der Waals surface area contributed by atoms with Crippen molar-refractivity contribution in [3.8, 4) is 17.1 Å². The number of ketones is 1. The number of carbonyl (C=O) groups excluding carboxylic acids is 1. The third-order valence-electron chi connectivity index (χ3n) is 4.13. The zero-order valence-corrected chi connectivity index (χ0v) is 16.4. The Morgan fingerprint density at radius 2 is 1.85 bits per heavy atom. The summed E-state index contributed by atoms with van der Waals surface area (Å²) in [5.74, 6) is 1.58. The molecule has 27 heavy (non-hydrogen) atoms. The van der Waals surface area contributed by atoms with Crippen LogP contribution < -0.4 is 4.74 Å². The number of benzene rings is 1. The predicted molar refractivity (Wildman–Crippen MR) is 106 cm³/mol. The Kier molecular flexibility index (Phi) is 6.24. The molecule has 3 rings (SSSR count). The van der Waals surface area contributed by atoms with Gasteiger partial charge in [0.2, 0.25) is 0 Å². The third kappa shape index (κ3) is 4.36. The van der Waals surface area contributed by atoms with E-state index in [0.29, 0.717) is 5.56 Å². The topological polar surface area (TPSA) is 69.9 Å². The van der Waals surface area contributed by atoms with Crippen LogP contribution in [0.2, 0.25) is 0 Å². The number of rotatable bonds is 8. The minimum atomic E-state index is -0.275. The number of pyridine rings is 1. The van der Waals surface area contributed by atoms with E-state index in [1.807, 2.05) is 19.1 Å². The molecule has 6 nitrogen and oxygen atoms in total. The molecule has 0 aliphatic rings. The minimum Gasteiger partial charge on any atom is -0.497 e. The Morgan fingerprint density at radius 1 is 1.15 bits per heavy atom. The van der Waals surface area contributed by atoms with Gasteiger partial charge in [-0.3, -0.25) is 9.78 Å². The molecule has 3 aromatic rings. The summed E-state index contributed by atoms with van der Waals surface area (Å²) in [5, 5.41) is 9.16. The van der Waals surface area contributed by atoms with Gasteiger partial charge in [0.15, 0.2) is 16.8 Å². The van der Waals surface area contributed by atoms with Crippen LogP contribution in [0.5, 0.6) is 5.75 Å². The molecular weight excluding hydrogens is 360 g/mol. The quantitative estimate of drug-likeness (QED) is 0.431. The van der Waals surface area contributed by atoms with Gasteiger partial charge in [-0.05, 0) is 49.7 Å². The van der Waals surface area contributed by atoms with Crippen LogP contribution in [0.15, 0.2) is 53.9 Å². The summed E-state index contributed by atoms with van der Waals surface area (Å²) in [5.41, 5.74) is 1.62. The summed E-state index contributed by atoms with van der Waals surface area (Å²) in [7, 11) is 1.61. The fourth-order valence-corrected chi connectivity index (χ4v) is 3.67. The van der Waals surface area contributed by atoms with Crippen molar-refractivity contribution in [2.75, 3.05) is 7.11 Å². The number of thioether (sulfide) groups is 1. The largest absolute Gasteiger partial charge is 0.497 e. The molecule has 2 aromatic heterocycles. The van der Waals surface area contributed by atoms with Crippen molar-refractivity contribution in [2.45, 2.75) is 37.2 Å². The van der Waals surface area contributed by atoms with Gasteiger partial charge in [0.05, 0.1) is 12.4 Å².